The van der Waals surface area contributed by atoms with E-state index in [1.807, 2.05) is 0 Å². The van der Waals surface area contributed by atoms with Gasteiger partial charge >= 0.3 is 16.3 Å². The third-order valence-corrected chi connectivity index (χ3v) is 5.67. The summed E-state index contributed by atoms with van der Waals surface area (Å²) in [5.41, 5.74) is 1.54. The van der Waals surface area contributed by atoms with E-state index in [4.69, 9.17) is 4.18 Å². The molecule has 0 fully saturated rings. The zero-order valence-electron chi connectivity index (χ0n) is 17.6. The van der Waals surface area contributed by atoms with Crippen molar-refractivity contribution < 1.29 is 35.5 Å². The molecule has 0 saturated carbocycles. The Balaban J connectivity index is 1.58. The number of amides is 1. The van der Waals surface area contributed by atoms with Gasteiger partial charge in [0.1, 0.15) is 10.6 Å². The van der Waals surface area contributed by atoms with Crippen molar-refractivity contribution in [3.8, 4) is 5.75 Å². The lowest BCUT2D eigenvalue weighted by Gasteiger charge is -2.08. The molecule has 0 spiro atoms. The van der Waals surface area contributed by atoms with Crippen LogP contribution >= 0.6 is 0 Å². The minimum atomic E-state index is -4.51. The van der Waals surface area contributed by atoms with E-state index in [2.05, 4.69) is 10.5 Å². The van der Waals surface area contributed by atoms with E-state index in [9.17, 15) is 36.5 Å². The van der Waals surface area contributed by atoms with Gasteiger partial charge in [-0.3, -0.25) is 14.9 Å². The Morgan fingerprint density at radius 2 is 1.74 bits per heavy atom. The van der Waals surface area contributed by atoms with Crippen LogP contribution in [-0.2, 0) is 27.5 Å². The lowest BCUT2D eigenvalue weighted by atomic mass is 10.1. The Hall–Kier alpha value is -4.26. The number of nitro benzene ring substituents is 1. The average molecular weight is 507 g/mol. The fourth-order valence-corrected chi connectivity index (χ4v) is 3.77. The van der Waals surface area contributed by atoms with Crippen molar-refractivity contribution in [1.29, 1.82) is 0 Å². The Morgan fingerprint density at radius 3 is 2.40 bits per heavy atom. The monoisotopic (exact) mass is 507 g/mol. The van der Waals surface area contributed by atoms with Gasteiger partial charge in [0.05, 0.1) is 23.1 Å². The molecule has 0 atom stereocenters. The van der Waals surface area contributed by atoms with E-state index in [0.29, 0.717) is 5.56 Å². The van der Waals surface area contributed by atoms with E-state index in [0.717, 1.165) is 30.3 Å². The molecular weight excluding hydrogens is 491 g/mol. The number of carbonyl (C=O) groups excluding carboxylic acids is 1. The van der Waals surface area contributed by atoms with Crippen molar-refractivity contribution in [3.63, 3.8) is 0 Å². The smallest absolute Gasteiger partial charge is 0.379 e. The van der Waals surface area contributed by atoms with E-state index < -0.39 is 38.4 Å². The molecule has 13 heteroatoms. The first-order valence-electron chi connectivity index (χ1n) is 9.71. The molecule has 3 aromatic rings. The molecule has 0 saturated heterocycles. The second kappa shape index (κ2) is 10.3. The standard InChI is InChI=1S/C22H16F3N3O6S/c23-22(24,25)17-4-1-3-16(11-17)12-21(29)27-26-14-15-7-9-19(10-8-15)34-35(32,33)20-6-2-5-18(13-20)28(30)31/h1-11,13-14H,12H2,(H,27,29)/b26-14-. The lowest BCUT2D eigenvalue weighted by molar-refractivity contribution is -0.385. The number of nitrogens with zero attached hydrogens (tertiary/aromatic N) is 2. The summed E-state index contributed by atoms with van der Waals surface area (Å²) in [4.78, 5) is 21.7. The molecule has 3 aromatic carbocycles. The zero-order chi connectivity index (χ0) is 25.6. The number of hydrogen-bond acceptors (Lipinski definition) is 7. The first-order chi connectivity index (χ1) is 16.4. The fourth-order valence-electron chi connectivity index (χ4n) is 2.80. The molecular formula is C22H16F3N3O6S. The summed E-state index contributed by atoms with van der Waals surface area (Å²) in [5, 5.41) is 14.6. The van der Waals surface area contributed by atoms with Gasteiger partial charge < -0.3 is 4.18 Å². The molecule has 0 unspecified atom stereocenters. The summed E-state index contributed by atoms with van der Waals surface area (Å²) in [6.07, 6.45) is -3.59. The Kier molecular flexibility index (Phi) is 7.49. The maximum absolute atomic E-state index is 12.8. The predicted molar refractivity (Wildman–Crippen MR) is 118 cm³/mol. The van der Waals surface area contributed by atoms with Crippen molar-refractivity contribution in [3.05, 3.63) is 99.6 Å². The van der Waals surface area contributed by atoms with Gasteiger partial charge in [-0.05, 0) is 47.5 Å². The number of halogens is 3. The van der Waals surface area contributed by atoms with Crippen LogP contribution in [0.15, 0.2) is 82.8 Å². The normalized spacial score (nSPS) is 11.9. The fraction of sp³-hybridized carbons (Fsp3) is 0.0909. The first kappa shape index (κ1) is 25.4. The van der Waals surface area contributed by atoms with Crippen LogP contribution in [0.5, 0.6) is 5.75 Å². The highest BCUT2D eigenvalue weighted by Crippen LogP contribution is 2.29. The summed E-state index contributed by atoms with van der Waals surface area (Å²) in [7, 11) is -4.32. The molecule has 0 aromatic heterocycles. The van der Waals surface area contributed by atoms with E-state index in [1.165, 1.54) is 48.7 Å². The molecule has 1 amide bonds. The van der Waals surface area contributed by atoms with Crippen LogP contribution in [0, 0.1) is 10.1 Å². The number of non-ortho nitro benzene ring substituents is 1. The van der Waals surface area contributed by atoms with E-state index in [-0.39, 0.29) is 22.6 Å². The zero-order valence-corrected chi connectivity index (χ0v) is 18.4. The molecule has 0 radical (unpaired) electrons. The van der Waals surface area contributed by atoms with E-state index >= 15 is 0 Å². The van der Waals surface area contributed by atoms with Crippen LogP contribution in [0.3, 0.4) is 0 Å². The molecule has 0 aliphatic carbocycles. The molecule has 0 aliphatic heterocycles. The van der Waals surface area contributed by atoms with Crippen molar-refractivity contribution in [2.24, 2.45) is 5.10 Å². The van der Waals surface area contributed by atoms with Crippen LogP contribution in [-0.4, -0.2) is 25.5 Å². The molecule has 3 rings (SSSR count). The second-order valence-electron chi connectivity index (χ2n) is 7.03. The van der Waals surface area contributed by atoms with Gasteiger partial charge in [0.25, 0.3) is 5.69 Å². The summed E-state index contributed by atoms with van der Waals surface area (Å²) in [6, 6.07) is 14.2. The molecule has 0 bridgehead atoms. The van der Waals surface area contributed by atoms with Crippen molar-refractivity contribution in [1.82, 2.24) is 5.43 Å². The van der Waals surface area contributed by atoms with Crippen molar-refractivity contribution in [2.45, 2.75) is 17.5 Å². The highest BCUT2D eigenvalue weighted by molar-refractivity contribution is 7.87. The number of carbonyl (C=O) groups is 1. The van der Waals surface area contributed by atoms with Crippen molar-refractivity contribution >= 4 is 27.9 Å². The SMILES string of the molecule is O=C(Cc1cccc(C(F)(F)F)c1)N/N=C\c1ccc(OS(=O)(=O)c2cccc([N+](=O)[O-])c2)cc1. The predicted octanol–water partition coefficient (Wildman–Crippen LogP) is 4.07. The third-order valence-electron chi connectivity index (χ3n) is 4.43. The van der Waals surface area contributed by atoms with Gasteiger partial charge in [-0.1, -0.05) is 24.3 Å². The van der Waals surface area contributed by atoms with Crippen LogP contribution in [0.4, 0.5) is 18.9 Å². The largest absolute Gasteiger partial charge is 0.416 e. The quantitative estimate of drug-likeness (QED) is 0.212. The van der Waals surface area contributed by atoms with Gasteiger partial charge in [0.15, 0.2) is 0 Å². The highest BCUT2D eigenvalue weighted by Gasteiger charge is 2.30. The summed E-state index contributed by atoms with van der Waals surface area (Å²) in [5.74, 6) is -0.703. The molecule has 0 aliphatic rings. The van der Waals surface area contributed by atoms with Crippen LogP contribution in [0.1, 0.15) is 16.7 Å². The van der Waals surface area contributed by atoms with Gasteiger partial charge in [0, 0.05) is 12.1 Å². The molecule has 182 valence electrons. The summed E-state index contributed by atoms with van der Waals surface area (Å²) in [6.45, 7) is 0. The number of alkyl halides is 3. The van der Waals surface area contributed by atoms with Gasteiger partial charge in [-0.2, -0.15) is 26.7 Å². The molecule has 1 N–H and O–H groups in total. The molecule has 0 heterocycles. The topological polar surface area (TPSA) is 128 Å². The number of rotatable bonds is 8. The van der Waals surface area contributed by atoms with Gasteiger partial charge in [-0.25, -0.2) is 5.43 Å². The number of benzene rings is 3. The summed E-state index contributed by atoms with van der Waals surface area (Å²) >= 11 is 0. The number of nitrogens with one attached hydrogen (secondary N) is 1. The molecule has 9 nitrogen and oxygen atoms in total. The molecule has 35 heavy (non-hydrogen) atoms. The van der Waals surface area contributed by atoms with Crippen molar-refractivity contribution in [2.75, 3.05) is 0 Å². The highest BCUT2D eigenvalue weighted by atomic mass is 32.2. The minimum Gasteiger partial charge on any atom is -0.379 e. The van der Waals surface area contributed by atoms with E-state index in [1.54, 1.807) is 0 Å². The lowest BCUT2D eigenvalue weighted by Crippen LogP contribution is -2.20. The Labute approximate surface area is 197 Å². The van der Waals surface area contributed by atoms with Gasteiger partial charge in [0.2, 0.25) is 5.91 Å². The Morgan fingerprint density at radius 1 is 1.06 bits per heavy atom. The third kappa shape index (κ3) is 7.11. The minimum absolute atomic E-state index is 0.0674. The number of hydrazone groups is 1. The van der Waals surface area contributed by atoms with Crippen LogP contribution in [0.2, 0.25) is 0 Å². The summed E-state index contributed by atoms with van der Waals surface area (Å²) < 4.78 is 67.9. The van der Waals surface area contributed by atoms with Gasteiger partial charge in [-0.15, -0.1) is 0 Å². The maximum atomic E-state index is 12.8. The first-order valence-corrected chi connectivity index (χ1v) is 11.1. The number of hydrogen-bond donors (Lipinski definition) is 1. The second-order valence-corrected chi connectivity index (χ2v) is 8.58. The maximum Gasteiger partial charge on any atom is 0.416 e. The average Bonchev–Trinajstić information content (AvgIpc) is 2.80. The number of nitro groups is 1. The Bertz CT molecular complexity index is 1370. The van der Waals surface area contributed by atoms with Crippen LogP contribution < -0.4 is 9.61 Å². The van der Waals surface area contributed by atoms with Crippen LogP contribution in [0.25, 0.3) is 0 Å².